The van der Waals surface area contributed by atoms with E-state index in [4.69, 9.17) is 10.00 Å². The summed E-state index contributed by atoms with van der Waals surface area (Å²) < 4.78 is 5.37. The van der Waals surface area contributed by atoms with Crippen molar-refractivity contribution in [3.8, 4) is 6.07 Å². The van der Waals surface area contributed by atoms with Crippen LogP contribution in [0.3, 0.4) is 0 Å². The average molecular weight is 275 g/mol. The Morgan fingerprint density at radius 3 is 3.26 bits per heavy atom. The summed E-state index contributed by atoms with van der Waals surface area (Å²) in [5.41, 5.74) is 0. The Kier molecular flexibility index (Phi) is 3.19. The van der Waals surface area contributed by atoms with E-state index < -0.39 is 6.10 Å². The molecule has 0 radical (unpaired) electrons. The van der Waals surface area contributed by atoms with Crippen molar-refractivity contribution in [3.63, 3.8) is 0 Å². The molecule has 1 N–H and O–H groups in total. The maximum Gasteiger partial charge on any atom is 0.225 e. The molecule has 1 unspecified atom stereocenters. The molecular formula is C12H13N5OS. The zero-order valence-electron chi connectivity index (χ0n) is 10.5. The Labute approximate surface area is 114 Å². The number of hydrogen-bond acceptors (Lipinski definition) is 7. The van der Waals surface area contributed by atoms with Crippen LogP contribution in [0.1, 0.15) is 0 Å². The van der Waals surface area contributed by atoms with Crippen LogP contribution in [-0.4, -0.2) is 42.8 Å². The number of morpholine rings is 1. The summed E-state index contributed by atoms with van der Waals surface area (Å²) in [5, 5.41) is 15.0. The highest BCUT2D eigenvalue weighted by molar-refractivity contribution is 7.16. The van der Waals surface area contributed by atoms with Gasteiger partial charge in [-0.3, -0.25) is 0 Å². The maximum absolute atomic E-state index is 8.99. The normalized spacial score (nSPS) is 19.4. The van der Waals surface area contributed by atoms with E-state index in [1.54, 1.807) is 18.4 Å². The molecule has 19 heavy (non-hydrogen) atoms. The zero-order chi connectivity index (χ0) is 13.2. The van der Waals surface area contributed by atoms with Gasteiger partial charge in [0, 0.05) is 13.6 Å². The van der Waals surface area contributed by atoms with Crippen LogP contribution in [0.4, 0.5) is 11.8 Å². The average Bonchev–Trinajstić information content (AvgIpc) is 2.94. The second-order valence-corrected chi connectivity index (χ2v) is 5.09. The van der Waals surface area contributed by atoms with Crippen LogP contribution in [0.25, 0.3) is 10.2 Å². The first-order valence-electron chi connectivity index (χ1n) is 6.01. The second kappa shape index (κ2) is 4.99. The number of nitrogens with one attached hydrogen (secondary N) is 1. The van der Waals surface area contributed by atoms with Crippen LogP contribution in [0.5, 0.6) is 0 Å². The summed E-state index contributed by atoms with van der Waals surface area (Å²) in [6, 6.07) is 4.17. The van der Waals surface area contributed by atoms with Gasteiger partial charge in [0.25, 0.3) is 0 Å². The zero-order valence-corrected chi connectivity index (χ0v) is 11.3. The van der Waals surface area contributed by atoms with Gasteiger partial charge in [-0.1, -0.05) is 0 Å². The van der Waals surface area contributed by atoms with E-state index in [2.05, 4.69) is 26.3 Å². The molecule has 0 aromatic carbocycles. The van der Waals surface area contributed by atoms with Crippen LogP contribution >= 0.6 is 11.3 Å². The Bertz CT molecular complexity index is 635. The lowest BCUT2D eigenvalue weighted by atomic mass is 10.2. The molecule has 2 aromatic rings. The van der Waals surface area contributed by atoms with Gasteiger partial charge in [0.15, 0.2) is 6.10 Å². The van der Waals surface area contributed by atoms with Gasteiger partial charge < -0.3 is 15.0 Å². The van der Waals surface area contributed by atoms with Gasteiger partial charge in [-0.15, -0.1) is 11.3 Å². The molecule has 98 valence electrons. The molecule has 3 heterocycles. The Morgan fingerprint density at radius 2 is 2.47 bits per heavy atom. The molecule has 6 nitrogen and oxygen atoms in total. The largest absolute Gasteiger partial charge is 0.360 e. The number of hydrogen-bond donors (Lipinski definition) is 1. The number of fused-ring (bicyclic) bond motifs is 1. The quantitative estimate of drug-likeness (QED) is 0.894. The van der Waals surface area contributed by atoms with Gasteiger partial charge in [-0.05, 0) is 11.4 Å². The van der Waals surface area contributed by atoms with Crippen molar-refractivity contribution < 1.29 is 4.74 Å². The predicted molar refractivity (Wildman–Crippen MR) is 74.5 cm³/mol. The molecule has 3 rings (SSSR count). The minimum atomic E-state index is -0.393. The highest BCUT2D eigenvalue weighted by atomic mass is 32.1. The van der Waals surface area contributed by atoms with Gasteiger partial charge in [-0.25, -0.2) is 4.98 Å². The van der Waals surface area contributed by atoms with Crippen LogP contribution < -0.4 is 10.2 Å². The first kappa shape index (κ1) is 12.1. The summed E-state index contributed by atoms with van der Waals surface area (Å²) in [6.45, 7) is 1.83. The first-order valence-corrected chi connectivity index (χ1v) is 6.89. The SMILES string of the molecule is CNc1nc(N2CCOC(C#N)C2)c2ccsc2n1. The number of ether oxygens (including phenoxy) is 1. The number of thiophene rings is 1. The fourth-order valence-electron chi connectivity index (χ4n) is 2.11. The highest BCUT2D eigenvalue weighted by Crippen LogP contribution is 2.29. The third-order valence-electron chi connectivity index (χ3n) is 3.04. The summed E-state index contributed by atoms with van der Waals surface area (Å²) in [4.78, 5) is 12.0. The molecule has 0 bridgehead atoms. The summed E-state index contributed by atoms with van der Waals surface area (Å²) in [7, 11) is 1.80. The smallest absolute Gasteiger partial charge is 0.225 e. The lowest BCUT2D eigenvalue weighted by molar-refractivity contribution is 0.0763. The summed E-state index contributed by atoms with van der Waals surface area (Å²) in [5.74, 6) is 1.48. The molecule has 7 heteroatoms. The number of nitriles is 1. The molecule has 1 atom stereocenters. The Morgan fingerprint density at radius 1 is 1.58 bits per heavy atom. The fourth-order valence-corrected chi connectivity index (χ4v) is 2.87. The molecular weight excluding hydrogens is 262 g/mol. The van der Waals surface area contributed by atoms with Gasteiger partial charge in [0.2, 0.25) is 5.95 Å². The van der Waals surface area contributed by atoms with E-state index in [1.807, 2.05) is 11.4 Å². The van der Waals surface area contributed by atoms with E-state index in [9.17, 15) is 0 Å². The van der Waals surface area contributed by atoms with E-state index in [-0.39, 0.29) is 0 Å². The highest BCUT2D eigenvalue weighted by Gasteiger charge is 2.23. The third kappa shape index (κ3) is 2.20. The van der Waals surface area contributed by atoms with E-state index in [0.717, 1.165) is 22.6 Å². The third-order valence-corrected chi connectivity index (χ3v) is 3.85. The van der Waals surface area contributed by atoms with Crippen molar-refractivity contribution in [2.75, 3.05) is 37.0 Å². The van der Waals surface area contributed by atoms with Crippen molar-refractivity contribution >= 4 is 33.3 Å². The van der Waals surface area contributed by atoms with Crippen molar-refractivity contribution in [1.29, 1.82) is 5.26 Å². The topological polar surface area (TPSA) is 74.1 Å². The van der Waals surface area contributed by atoms with E-state index in [1.165, 1.54) is 0 Å². The lowest BCUT2D eigenvalue weighted by Gasteiger charge is -2.31. The maximum atomic E-state index is 8.99. The van der Waals surface area contributed by atoms with Gasteiger partial charge >= 0.3 is 0 Å². The van der Waals surface area contributed by atoms with Crippen molar-refractivity contribution in [2.45, 2.75) is 6.10 Å². The van der Waals surface area contributed by atoms with Crippen LogP contribution in [-0.2, 0) is 4.74 Å². The van der Waals surface area contributed by atoms with Crippen molar-refractivity contribution in [3.05, 3.63) is 11.4 Å². The van der Waals surface area contributed by atoms with Gasteiger partial charge in [0.1, 0.15) is 10.6 Å². The molecule has 1 saturated heterocycles. The van der Waals surface area contributed by atoms with E-state index in [0.29, 0.717) is 19.1 Å². The van der Waals surface area contributed by atoms with Crippen LogP contribution in [0.2, 0.25) is 0 Å². The summed E-state index contributed by atoms with van der Waals surface area (Å²) in [6.07, 6.45) is -0.393. The molecule has 1 aliphatic heterocycles. The van der Waals surface area contributed by atoms with Crippen LogP contribution in [0.15, 0.2) is 11.4 Å². The number of anilines is 2. The van der Waals surface area contributed by atoms with Crippen molar-refractivity contribution in [1.82, 2.24) is 9.97 Å². The summed E-state index contributed by atoms with van der Waals surface area (Å²) >= 11 is 1.59. The molecule has 0 aliphatic carbocycles. The van der Waals surface area contributed by atoms with E-state index >= 15 is 0 Å². The first-order chi connectivity index (χ1) is 9.31. The van der Waals surface area contributed by atoms with Gasteiger partial charge in [-0.2, -0.15) is 10.2 Å². The number of rotatable bonds is 2. The number of nitrogens with zero attached hydrogens (tertiary/aromatic N) is 4. The molecule has 1 fully saturated rings. The predicted octanol–water partition coefficient (Wildman–Crippen LogP) is 1.46. The fraction of sp³-hybridized carbons (Fsp3) is 0.417. The molecule has 0 amide bonds. The molecule has 2 aromatic heterocycles. The minimum absolute atomic E-state index is 0.393. The Hall–Kier alpha value is -1.91. The minimum Gasteiger partial charge on any atom is -0.360 e. The lowest BCUT2D eigenvalue weighted by Crippen LogP contribution is -2.42. The van der Waals surface area contributed by atoms with Gasteiger partial charge in [0.05, 0.1) is 24.6 Å². The van der Waals surface area contributed by atoms with Crippen molar-refractivity contribution in [2.24, 2.45) is 0 Å². The standard InChI is InChI=1S/C12H13N5OS/c1-14-12-15-10(9-2-5-19-11(9)16-12)17-3-4-18-8(6-13)7-17/h2,5,8H,3-4,7H2,1H3,(H,14,15,16). The second-order valence-electron chi connectivity index (χ2n) is 4.19. The molecule has 1 aliphatic rings. The van der Waals surface area contributed by atoms with Crippen LogP contribution in [0, 0.1) is 11.3 Å². The Balaban J connectivity index is 2.03. The number of aromatic nitrogens is 2. The molecule has 0 saturated carbocycles. The monoisotopic (exact) mass is 275 g/mol. The molecule has 0 spiro atoms.